The molecule has 3 saturated carbocycles. The zero-order chi connectivity index (χ0) is 21.8. The number of ether oxygens (including phenoxy) is 1. The summed E-state index contributed by atoms with van der Waals surface area (Å²) < 4.78 is 5.76. The molecule has 0 aliphatic heterocycles. The molecular weight excluding hydrogens is 360 g/mol. The fraction of sp³-hybridized carbons (Fsp3) is 0.923. The summed E-state index contributed by atoms with van der Waals surface area (Å²) in [5, 5.41) is 18.2. The molecule has 0 saturated heterocycles. The van der Waals surface area contributed by atoms with E-state index in [9.17, 15) is 5.11 Å². The van der Waals surface area contributed by atoms with Gasteiger partial charge in [0.1, 0.15) is 0 Å². The van der Waals surface area contributed by atoms with Gasteiger partial charge in [-0.3, -0.25) is 0 Å². The number of hydrogen-bond acceptors (Lipinski definition) is 3. The number of fused-ring (bicyclic) bond motifs is 5. The van der Waals surface area contributed by atoms with Crippen molar-refractivity contribution in [2.75, 3.05) is 13.7 Å². The molecular formula is C26H48O3. The van der Waals surface area contributed by atoms with E-state index < -0.39 is 0 Å². The quantitative estimate of drug-likeness (QED) is 0.552. The number of aliphatic hydroxyl groups excluding tert-OH is 2. The summed E-state index contributed by atoms with van der Waals surface area (Å²) in [6.07, 6.45) is 12.1. The molecule has 7 atom stereocenters. The normalized spacial score (nSPS) is 43.0. The van der Waals surface area contributed by atoms with Crippen LogP contribution in [-0.2, 0) is 4.74 Å². The van der Waals surface area contributed by atoms with Gasteiger partial charge in [-0.15, -0.1) is 0 Å². The van der Waals surface area contributed by atoms with Crippen molar-refractivity contribution in [2.45, 2.75) is 105 Å². The van der Waals surface area contributed by atoms with Gasteiger partial charge in [0.2, 0.25) is 0 Å². The fourth-order valence-electron chi connectivity index (χ4n) is 7.23. The summed E-state index contributed by atoms with van der Waals surface area (Å²) in [6, 6.07) is 0. The lowest BCUT2D eigenvalue weighted by Crippen LogP contribution is -2.53. The summed E-state index contributed by atoms with van der Waals surface area (Å²) in [5.41, 5.74) is 2.35. The summed E-state index contributed by atoms with van der Waals surface area (Å²) >= 11 is 0. The van der Waals surface area contributed by atoms with E-state index in [0.29, 0.717) is 5.41 Å². The van der Waals surface area contributed by atoms with Crippen LogP contribution in [0.4, 0.5) is 0 Å². The molecule has 170 valence electrons. The van der Waals surface area contributed by atoms with Crippen LogP contribution in [0.3, 0.4) is 0 Å². The molecule has 4 aliphatic carbocycles. The molecule has 0 spiro atoms. The highest BCUT2D eigenvalue weighted by atomic mass is 16.5. The molecule has 0 heterocycles. The standard InChI is InChI=1S/C21H34O2.C3H8O.C2H6/c1-14-4-7-18-17-6-5-15-12-16(22)8-11-21(15,13-23-3)19(17)9-10-20(14,18)2;1-3(2)4;1-2/h5,14,16-19,22H,4,6-13H2,1-3H3;3-4H,1-2H3;1-2H3. The van der Waals surface area contributed by atoms with E-state index in [1.165, 1.54) is 37.7 Å². The molecule has 0 amide bonds. The fourth-order valence-corrected chi connectivity index (χ4v) is 7.23. The second-order valence-corrected chi connectivity index (χ2v) is 10.4. The highest BCUT2D eigenvalue weighted by molar-refractivity contribution is 5.26. The Kier molecular flexibility index (Phi) is 8.83. The van der Waals surface area contributed by atoms with Crippen LogP contribution < -0.4 is 0 Å². The van der Waals surface area contributed by atoms with Crippen LogP contribution in [0.25, 0.3) is 0 Å². The van der Waals surface area contributed by atoms with E-state index in [-0.39, 0.29) is 17.6 Å². The molecule has 3 nitrogen and oxygen atoms in total. The second-order valence-electron chi connectivity index (χ2n) is 10.4. The van der Waals surface area contributed by atoms with E-state index >= 15 is 0 Å². The predicted molar refractivity (Wildman–Crippen MR) is 122 cm³/mol. The number of aliphatic hydroxyl groups is 2. The predicted octanol–water partition coefficient (Wildman–Crippen LogP) is 5.99. The largest absolute Gasteiger partial charge is 0.394 e. The van der Waals surface area contributed by atoms with Gasteiger partial charge in [0.15, 0.2) is 0 Å². The van der Waals surface area contributed by atoms with E-state index in [4.69, 9.17) is 9.84 Å². The molecule has 0 radical (unpaired) electrons. The van der Waals surface area contributed by atoms with Crippen molar-refractivity contribution in [2.24, 2.45) is 34.5 Å². The Morgan fingerprint density at radius 3 is 2.38 bits per heavy atom. The topological polar surface area (TPSA) is 49.7 Å². The Balaban J connectivity index is 0.000000449. The molecule has 29 heavy (non-hydrogen) atoms. The second kappa shape index (κ2) is 10.3. The number of rotatable bonds is 2. The zero-order valence-corrected chi connectivity index (χ0v) is 20.2. The van der Waals surface area contributed by atoms with Crippen molar-refractivity contribution >= 4 is 0 Å². The minimum atomic E-state index is -0.167. The van der Waals surface area contributed by atoms with Gasteiger partial charge in [-0.05, 0) is 94.3 Å². The van der Waals surface area contributed by atoms with Crippen molar-refractivity contribution in [3.05, 3.63) is 11.6 Å². The maximum Gasteiger partial charge on any atom is 0.0577 e. The van der Waals surface area contributed by atoms with Gasteiger partial charge in [-0.25, -0.2) is 0 Å². The highest BCUT2D eigenvalue weighted by Gasteiger charge is 2.58. The van der Waals surface area contributed by atoms with Crippen LogP contribution in [0.2, 0.25) is 0 Å². The van der Waals surface area contributed by atoms with E-state index in [2.05, 4.69) is 19.9 Å². The first-order valence-corrected chi connectivity index (χ1v) is 12.3. The summed E-state index contributed by atoms with van der Waals surface area (Å²) in [7, 11) is 1.87. The van der Waals surface area contributed by atoms with Crippen LogP contribution in [-0.4, -0.2) is 36.1 Å². The molecule has 0 aromatic carbocycles. The van der Waals surface area contributed by atoms with Gasteiger partial charge in [0.25, 0.3) is 0 Å². The average molecular weight is 409 g/mol. The third-order valence-electron chi connectivity index (χ3n) is 8.68. The van der Waals surface area contributed by atoms with Gasteiger partial charge in [-0.2, -0.15) is 0 Å². The third kappa shape index (κ3) is 4.77. The molecule has 4 rings (SSSR count). The van der Waals surface area contributed by atoms with Gasteiger partial charge in [0, 0.05) is 18.6 Å². The average Bonchev–Trinajstić information content (AvgIpc) is 2.98. The first-order valence-electron chi connectivity index (χ1n) is 12.3. The highest BCUT2D eigenvalue weighted by Crippen LogP contribution is 2.66. The van der Waals surface area contributed by atoms with Crippen LogP contribution in [0.1, 0.15) is 92.9 Å². The number of methoxy groups -OCH3 is 1. The van der Waals surface area contributed by atoms with Gasteiger partial charge < -0.3 is 14.9 Å². The van der Waals surface area contributed by atoms with Crippen LogP contribution in [0.15, 0.2) is 11.6 Å². The third-order valence-corrected chi connectivity index (χ3v) is 8.68. The first-order chi connectivity index (χ1) is 13.7. The molecule has 7 unspecified atom stereocenters. The van der Waals surface area contributed by atoms with E-state index in [0.717, 1.165) is 49.5 Å². The molecule has 3 heteroatoms. The number of hydrogen-bond donors (Lipinski definition) is 2. The maximum atomic E-state index is 10.2. The Bertz CT molecular complexity index is 539. The SMILES string of the molecule is CC.CC(C)O.COCC12CCC(O)CC1=CCC1C2CCC2(C)C(C)CCC12. The summed E-state index contributed by atoms with van der Waals surface area (Å²) in [6.45, 7) is 13.4. The Morgan fingerprint density at radius 1 is 1.10 bits per heavy atom. The summed E-state index contributed by atoms with van der Waals surface area (Å²) in [5.74, 6) is 3.45. The van der Waals surface area contributed by atoms with Gasteiger partial charge in [0.05, 0.1) is 12.7 Å². The zero-order valence-electron chi connectivity index (χ0n) is 20.2. The lowest BCUT2D eigenvalue weighted by molar-refractivity contribution is -0.0792. The van der Waals surface area contributed by atoms with Crippen molar-refractivity contribution in [1.82, 2.24) is 0 Å². The minimum absolute atomic E-state index is 0.122. The van der Waals surface area contributed by atoms with Crippen LogP contribution >= 0.6 is 0 Å². The molecule has 4 aliphatic rings. The van der Waals surface area contributed by atoms with Crippen molar-refractivity contribution < 1.29 is 14.9 Å². The van der Waals surface area contributed by atoms with Crippen molar-refractivity contribution in [3.8, 4) is 0 Å². The molecule has 0 aromatic heterocycles. The summed E-state index contributed by atoms with van der Waals surface area (Å²) in [4.78, 5) is 0. The van der Waals surface area contributed by atoms with Gasteiger partial charge >= 0.3 is 0 Å². The molecule has 3 fully saturated rings. The van der Waals surface area contributed by atoms with Crippen molar-refractivity contribution in [1.29, 1.82) is 0 Å². The van der Waals surface area contributed by atoms with E-state index in [1.54, 1.807) is 13.8 Å². The van der Waals surface area contributed by atoms with Crippen LogP contribution in [0.5, 0.6) is 0 Å². The lowest BCUT2D eigenvalue weighted by atomic mass is 9.47. The molecule has 2 N–H and O–H groups in total. The molecule has 0 aromatic rings. The van der Waals surface area contributed by atoms with Crippen LogP contribution in [0, 0.1) is 34.5 Å². The monoisotopic (exact) mass is 408 g/mol. The maximum absolute atomic E-state index is 10.2. The minimum Gasteiger partial charge on any atom is -0.394 e. The van der Waals surface area contributed by atoms with E-state index in [1.807, 2.05) is 21.0 Å². The first kappa shape index (κ1) is 24.9. The Labute approximate surface area is 180 Å². The number of allylic oxidation sites excluding steroid dienone is 1. The Hall–Kier alpha value is -0.380. The lowest BCUT2D eigenvalue weighted by Gasteiger charge is -2.58. The molecule has 0 bridgehead atoms. The van der Waals surface area contributed by atoms with Gasteiger partial charge in [-0.1, -0.05) is 39.3 Å². The Morgan fingerprint density at radius 2 is 1.76 bits per heavy atom. The smallest absolute Gasteiger partial charge is 0.0577 e. The van der Waals surface area contributed by atoms with Crippen molar-refractivity contribution in [3.63, 3.8) is 0 Å².